The highest BCUT2D eigenvalue weighted by Crippen LogP contribution is 2.18. The summed E-state index contributed by atoms with van der Waals surface area (Å²) in [7, 11) is 0. The van der Waals surface area contributed by atoms with Crippen molar-refractivity contribution in [1.29, 1.82) is 0 Å². The minimum atomic E-state index is -0.378. The number of nitrogen functional groups attached to an aromatic ring is 1. The highest BCUT2D eigenvalue weighted by atomic mass is 16.1. The van der Waals surface area contributed by atoms with Gasteiger partial charge >= 0.3 is 5.69 Å². The van der Waals surface area contributed by atoms with Crippen LogP contribution in [0.5, 0.6) is 0 Å². The van der Waals surface area contributed by atoms with Gasteiger partial charge in [0.05, 0.1) is 5.69 Å². The molecule has 0 aliphatic rings. The van der Waals surface area contributed by atoms with Crippen molar-refractivity contribution in [2.45, 2.75) is 27.2 Å². The van der Waals surface area contributed by atoms with Crippen LogP contribution in [0.4, 0.5) is 5.95 Å². The molecule has 1 aromatic carbocycles. The molecule has 2 rings (SSSR count). The molecule has 0 atom stereocenters. The number of hydrogen-bond donors (Lipinski definition) is 2. The first-order chi connectivity index (χ1) is 9.08. The Kier molecular flexibility index (Phi) is 3.62. The summed E-state index contributed by atoms with van der Waals surface area (Å²) in [4.78, 5) is 20.3. The second-order valence-corrected chi connectivity index (χ2v) is 4.32. The standard InChI is InChI=1S/C13H17N5O/c1-4-10-15-12(17-14)16-13(19)18(10)11-8(2)6-5-7-9(11)3/h5-7H,4,14H2,1-3H3,(H,16,17,19). The van der Waals surface area contributed by atoms with Crippen LogP contribution in [0.1, 0.15) is 23.9 Å². The molecule has 6 heteroatoms. The lowest BCUT2D eigenvalue weighted by molar-refractivity contribution is 0.763. The number of anilines is 1. The van der Waals surface area contributed by atoms with E-state index in [0.29, 0.717) is 12.2 Å². The van der Waals surface area contributed by atoms with Gasteiger partial charge in [-0.05, 0) is 25.0 Å². The molecular weight excluding hydrogens is 242 g/mol. The van der Waals surface area contributed by atoms with Crippen LogP contribution in [0.3, 0.4) is 0 Å². The summed E-state index contributed by atoms with van der Waals surface area (Å²) in [5.41, 5.74) is 4.79. The van der Waals surface area contributed by atoms with Gasteiger partial charge in [-0.25, -0.2) is 15.2 Å². The molecule has 3 N–H and O–H groups in total. The number of nitrogens with two attached hydrogens (primary N) is 1. The fraction of sp³-hybridized carbons (Fsp3) is 0.308. The Morgan fingerprint density at radius 1 is 1.26 bits per heavy atom. The quantitative estimate of drug-likeness (QED) is 0.636. The van der Waals surface area contributed by atoms with Gasteiger partial charge < -0.3 is 0 Å². The molecule has 0 aliphatic heterocycles. The molecule has 0 radical (unpaired) electrons. The van der Waals surface area contributed by atoms with Gasteiger partial charge in [-0.3, -0.25) is 5.43 Å². The molecule has 19 heavy (non-hydrogen) atoms. The van der Waals surface area contributed by atoms with Gasteiger partial charge in [-0.1, -0.05) is 25.1 Å². The number of hydrazine groups is 1. The molecule has 0 aliphatic carbocycles. The Morgan fingerprint density at radius 3 is 2.42 bits per heavy atom. The molecule has 0 fully saturated rings. The van der Waals surface area contributed by atoms with Crippen molar-refractivity contribution in [3.8, 4) is 5.69 Å². The maximum Gasteiger partial charge on any atom is 0.356 e. The summed E-state index contributed by atoms with van der Waals surface area (Å²) in [6.07, 6.45) is 0.611. The first-order valence-electron chi connectivity index (χ1n) is 6.11. The topological polar surface area (TPSA) is 85.8 Å². The maximum atomic E-state index is 12.2. The average Bonchev–Trinajstić information content (AvgIpc) is 2.39. The van der Waals surface area contributed by atoms with Crippen molar-refractivity contribution in [3.63, 3.8) is 0 Å². The first kappa shape index (κ1) is 13.2. The number of hydrogen-bond acceptors (Lipinski definition) is 5. The first-order valence-corrected chi connectivity index (χ1v) is 6.11. The molecule has 0 saturated heterocycles. The monoisotopic (exact) mass is 259 g/mol. The zero-order chi connectivity index (χ0) is 14.0. The van der Waals surface area contributed by atoms with Crippen LogP contribution in [0.2, 0.25) is 0 Å². The van der Waals surface area contributed by atoms with Crippen LogP contribution < -0.4 is 17.0 Å². The van der Waals surface area contributed by atoms with Crippen LogP contribution in [0.25, 0.3) is 5.69 Å². The van der Waals surface area contributed by atoms with Gasteiger partial charge in [0.15, 0.2) is 0 Å². The lowest BCUT2D eigenvalue weighted by Gasteiger charge is -2.15. The lowest BCUT2D eigenvalue weighted by atomic mass is 10.1. The fourth-order valence-corrected chi connectivity index (χ4v) is 2.13. The van der Waals surface area contributed by atoms with E-state index in [-0.39, 0.29) is 11.6 Å². The number of benzene rings is 1. The highest BCUT2D eigenvalue weighted by molar-refractivity contribution is 5.47. The zero-order valence-corrected chi connectivity index (χ0v) is 11.3. The van der Waals surface area contributed by atoms with E-state index in [1.165, 1.54) is 0 Å². The third kappa shape index (κ3) is 2.34. The normalized spacial score (nSPS) is 10.5. The number of para-hydroxylation sites is 1. The van der Waals surface area contributed by atoms with Gasteiger partial charge in [-0.2, -0.15) is 9.97 Å². The van der Waals surface area contributed by atoms with E-state index < -0.39 is 0 Å². The summed E-state index contributed by atoms with van der Waals surface area (Å²) < 4.78 is 1.55. The van der Waals surface area contributed by atoms with Crippen molar-refractivity contribution >= 4 is 5.95 Å². The Balaban J connectivity index is 2.79. The summed E-state index contributed by atoms with van der Waals surface area (Å²) in [6.45, 7) is 5.86. The SMILES string of the molecule is CCc1nc(NN)nc(=O)n1-c1c(C)cccc1C. The summed E-state index contributed by atoms with van der Waals surface area (Å²) in [6, 6.07) is 5.88. The van der Waals surface area contributed by atoms with Gasteiger partial charge in [0.25, 0.3) is 0 Å². The number of rotatable bonds is 3. The van der Waals surface area contributed by atoms with Crippen molar-refractivity contribution in [2.24, 2.45) is 5.84 Å². The lowest BCUT2D eigenvalue weighted by Crippen LogP contribution is -2.29. The van der Waals surface area contributed by atoms with E-state index in [0.717, 1.165) is 16.8 Å². The number of aromatic nitrogens is 3. The maximum absolute atomic E-state index is 12.2. The molecule has 2 aromatic rings. The Morgan fingerprint density at radius 2 is 1.89 bits per heavy atom. The molecule has 1 aromatic heterocycles. The third-order valence-electron chi connectivity index (χ3n) is 2.99. The van der Waals surface area contributed by atoms with Crippen molar-refractivity contribution < 1.29 is 0 Å². The molecule has 1 heterocycles. The van der Waals surface area contributed by atoms with Gasteiger partial charge in [0.1, 0.15) is 5.82 Å². The third-order valence-corrected chi connectivity index (χ3v) is 2.99. The molecule has 0 bridgehead atoms. The minimum absolute atomic E-state index is 0.143. The molecule has 0 saturated carbocycles. The Bertz CT molecular complexity index is 642. The van der Waals surface area contributed by atoms with Crippen LogP contribution in [-0.2, 0) is 6.42 Å². The average molecular weight is 259 g/mol. The van der Waals surface area contributed by atoms with Gasteiger partial charge in [0.2, 0.25) is 5.95 Å². The van der Waals surface area contributed by atoms with Crippen molar-refractivity contribution in [2.75, 3.05) is 5.43 Å². The highest BCUT2D eigenvalue weighted by Gasteiger charge is 2.13. The Hall–Kier alpha value is -2.21. The van der Waals surface area contributed by atoms with E-state index in [1.54, 1.807) is 4.57 Å². The summed E-state index contributed by atoms with van der Waals surface area (Å²) >= 11 is 0. The van der Waals surface area contributed by atoms with E-state index in [4.69, 9.17) is 5.84 Å². The largest absolute Gasteiger partial charge is 0.356 e. The summed E-state index contributed by atoms with van der Waals surface area (Å²) in [5, 5.41) is 0. The Labute approximate surface area is 111 Å². The number of nitrogens with zero attached hydrogens (tertiary/aromatic N) is 3. The van der Waals surface area contributed by atoms with E-state index in [1.807, 2.05) is 39.0 Å². The van der Waals surface area contributed by atoms with Gasteiger partial charge in [0, 0.05) is 6.42 Å². The van der Waals surface area contributed by atoms with Crippen LogP contribution in [0, 0.1) is 13.8 Å². The minimum Gasteiger partial charge on any atom is -0.292 e. The second kappa shape index (κ2) is 5.19. The second-order valence-electron chi connectivity index (χ2n) is 4.32. The summed E-state index contributed by atoms with van der Waals surface area (Å²) in [5.74, 6) is 6.04. The molecule has 0 spiro atoms. The van der Waals surface area contributed by atoms with E-state index >= 15 is 0 Å². The predicted octanol–water partition coefficient (Wildman–Crippen LogP) is 1.09. The van der Waals surface area contributed by atoms with Crippen LogP contribution in [-0.4, -0.2) is 14.5 Å². The zero-order valence-electron chi connectivity index (χ0n) is 11.3. The van der Waals surface area contributed by atoms with Crippen molar-refractivity contribution in [3.05, 3.63) is 45.6 Å². The number of aryl methyl sites for hydroxylation is 3. The molecule has 0 unspecified atom stereocenters. The van der Waals surface area contributed by atoms with E-state index in [9.17, 15) is 4.79 Å². The van der Waals surface area contributed by atoms with Crippen molar-refractivity contribution in [1.82, 2.24) is 14.5 Å². The molecule has 0 amide bonds. The van der Waals surface area contributed by atoms with Crippen LogP contribution in [0.15, 0.2) is 23.0 Å². The molecule has 100 valence electrons. The van der Waals surface area contributed by atoms with E-state index in [2.05, 4.69) is 15.4 Å². The van der Waals surface area contributed by atoms with Gasteiger partial charge in [-0.15, -0.1) is 0 Å². The smallest absolute Gasteiger partial charge is 0.292 e. The fourth-order valence-electron chi connectivity index (χ4n) is 2.13. The number of nitrogens with one attached hydrogen (secondary N) is 1. The van der Waals surface area contributed by atoms with Crippen LogP contribution >= 0.6 is 0 Å². The molecular formula is C13H17N5O. The predicted molar refractivity (Wildman–Crippen MR) is 74.3 cm³/mol. The molecule has 6 nitrogen and oxygen atoms in total.